The molecule has 0 aromatic heterocycles. The molecule has 5 heteroatoms. The van der Waals surface area contributed by atoms with Crippen molar-refractivity contribution in [1.29, 1.82) is 0 Å². The zero-order chi connectivity index (χ0) is 10.6. The number of hydrogen-bond donors (Lipinski definition) is 3. The van der Waals surface area contributed by atoms with Crippen LogP contribution < -0.4 is 11.1 Å². The highest BCUT2D eigenvalue weighted by molar-refractivity contribution is 5.86. The second-order valence-corrected chi connectivity index (χ2v) is 3.83. The van der Waals surface area contributed by atoms with Crippen LogP contribution in [-0.2, 0) is 9.53 Å². The van der Waals surface area contributed by atoms with Gasteiger partial charge in [-0.25, -0.2) is 0 Å². The summed E-state index contributed by atoms with van der Waals surface area (Å²) in [5, 5.41) is 11.5. The fraction of sp³-hybridized carbons (Fsp3) is 0.889. The monoisotopic (exact) mass is 202 g/mol. The van der Waals surface area contributed by atoms with Crippen molar-refractivity contribution in [3.8, 4) is 0 Å². The Labute approximate surface area is 83.6 Å². The summed E-state index contributed by atoms with van der Waals surface area (Å²) in [7, 11) is 0. The normalized spacial score (nSPS) is 22.8. The maximum absolute atomic E-state index is 11.7. The van der Waals surface area contributed by atoms with E-state index in [0.717, 1.165) is 0 Å². The molecule has 0 unspecified atom stereocenters. The van der Waals surface area contributed by atoms with Gasteiger partial charge in [-0.2, -0.15) is 0 Å². The SMILES string of the molecule is C[C@@H](CO)NC(=O)C1(N)CCOCC1. The lowest BCUT2D eigenvalue weighted by Gasteiger charge is -2.32. The van der Waals surface area contributed by atoms with Crippen LogP contribution in [0.25, 0.3) is 0 Å². The topological polar surface area (TPSA) is 84.6 Å². The zero-order valence-corrected chi connectivity index (χ0v) is 8.45. The lowest BCUT2D eigenvalue weighted by atomic mass is 9.90. The Morgan fingerprint density at radius 2 is 2.21 bits per heavy atom. The highest BCUT2D eigenvalue weighted by atomic mass is 16.5. The summed E-state index contributed by atoms with van der Waals surface area (Å²) >= 11 is 0. The van der Waals surface area contributed by atoms with Crippen LogP contribution in [0.15, 0.2) is 0 Å². The van der Waals surface area contributed by atoms with Crippen molar-refractivity contribution in [3.05, 3.63) is 0 Å². The maximum atomic E-state index is 11.7. The number of rotatable bonds is 3. The fourth-order valence-electron chi connectivity index (χ4n) is 1.38. The molecule has 1 fully saturated rings. The molecule has 0 spiro atoms. The largest absolute Gasteiger partial charge is 0.394 e. The van der Waals surface area contributed by atoms with Gasteiger partial charge >= 0.3 is 0 Å². The fourth-order valence-corrected chi connectivity index (χ4v) is 1.38. The van der Waals surface area contributed by atoms with E-state index in [4.69, 9.17) is 15.6 Å². The van der Waals surface area contributed by atoms with Gasteiger partial charge in [0.15, 0.2) is 0 Å². The van der Waals surface area contributed by atoms with Gasteiger partial charge in [0.05, 0.1) is 12.1 Å². The molecule has 0 aromatic rings. The Morgan fingerprint density at radius 1 is 1.64 bits per heavy atom. The molecule has 14 heavy (non-hydrogen) atoms. The quantitative estimate of drug-likeness (QED) is 0.547. The molecule has 1 aliphatic rings. The van der Waals surface area contributed by atoms with Crippen LogP contribution in [0.1, 0.15) is 19.8 Å². The lowest BCUT2D eigenvalue weighted by Crippen LogP contribution is -2.58. The summed E-state index contributed by atoms with van der Waals surface area (Å²) in [4.78, 5) is 11.7. The van der Waals surface area contributed by atoms with E-state index in [1.807, 2.05) is 0 Å². The first kappa shape index (κ1) is 11.4. The molecule has 0 aliphatic carbocycles. The Hall–Kier alpha value is -0.650. The number of nitrogens with one attached hydrogen (secondary N) is 1. The third kappa shape index (κ3) is 2.67. The number of aliphatic hydroxyl groups is 1. The van der Waals surface area contributed by atoms with Gasteiger partial charge in [0.2, 0.25) is 5.91 Å². The molecule has 0 bridgehead atoms. The molecule has 1 rings (SSSR count). The van der Waals surface area contributed by atoms with Crippen molar-refractivity contribution in [2.24, 2.45) is 5.73 Å². The van der Waals surface area contributed by atoms with E-state index in [1.54, 1.807) is 6.92 Å². The first-order valence-corrected chi connectivity index (χ1v) is 4.87. The number of nitrogens with two attached hydrogens (primary N) is 1. The molecule has 4 N–H and O–H groups in total. The highest BCUT2D eigenvalue weighted by Gasteiger charge is 2.36. The molecule has 1 heterocycles. The molecule has 1 amide bonds. The number of carbonyl (C=O) groups is 1. The number of ether oxygens (including phenoxy) is 1. The second kappa shape index (κ2) is 4.72. The molecule has 82 valence electrons. The summed E-state index contributed by atoms with van der Waals surface area (Å²) in [5.41, 5.74) is 5.11. The number of aliphatic hydroxyl groups excluding tert-OH is 1. The number of hydrogen-bond acceptors (Lipinski definition) is 4. The van der Waals surface area contributed by atoms with Gasteiger partial charge in [0.1, 0.15) is 0 Å². The van der Waals surface area contributed by atoms with Crippen LogP contribution in [0.3, 0.4) is 0 Å². The number of amides is 1. The van der Waals surface area contributed by atoms with Gasteiger partial charge in [0.25, 0.3) is 0 Å². The van der Waals surface area contributed by atoms with Crippen LogP contribution in [-0.4, -0.2) is 42.4 Å². The Bertz CT molecular complexity index is 202. The van der Waals surface area contributed by atoms with Crippen LogP contribution in [0.2, 0.25) is 0 Å². The summed E-state index contributed by atoms with van der Waals surface area (Å²) < 4.78 is 5.14. The van der Waals surface area contributed by atoms with E-state index in [1.165, 1.54) is 0 Å². The van der Waals surface area contributed by atoms with Crippen molar-refractivity contribution in [2.75, 3.05) is 19.8 Å². The first-order valence-electron chi connectivity index (χ1n) is 4.87. The van der Waals surface area contributed by atoms with Crippen molar-refractivity contribution in [1.82, 2.24) is 5.32 Å². The van der Waals surface area contributed by atoms with E-state index >= 15 is 0 Å². The Morgan fingerprint density at radius 3 is 2.71 bits per heavy atom. The zero-order valence-electron chi connectivity index (χ0n) is 8.45. The van der Waals surface area contributed by atoms with E-state index in [0.29, 0.717) is 26.1 Å². The second-order valence-electron chi connectivity index (χ2n) is 3.83. The molecular formula is C9H18N2O3. The van der Waals surface area contributed by atoms with Crippen molar-refractivity contribution in [2.45, 2.75) is 31.3 Å². The standard InChI is InChI=1S/C9H18N2O3/c1-7(6-12)11-8(13)9(10)2-4-14-5-3-9/h7,12H,2-6,10H2,1H3,(H,11,13)/t7-/m0/s1. The van der Waals surface area contributed by atoms with Crippen molar-refractivity contribution >= 4 is 5.91 Å². The average Bonchev–Trinajstić information content (AvgIpc) is 2.18. The van der Waals surface area contributed by atoms with E-state index in [9.17, 15) is 4.79 Å². The molecule has 0 radical (unpaired) electrons. The predicted octanol–water partition coefficient (Wildman–Crippen LogP) is -1.01. The van der Waals surface area contributed by atoms with Gasteiger partial charge in [-0.05, 0) is 19.8 Å². The molecule has 1 aliphatic heterocycles. The van der Waals surface area contributed by atoms with Gasteiger partial charge in [-0.3, -0.25) is 4.79 Å². The summed E-state index contributed by atoms with van der Waals surface area (Å²) in [6.45, 7) is 2.72. The van der Waals surface area contributed by atoms with Crippen LogP contribution in [0, 0.1) is 0 Å². The average molecular weight is 202 g/mol. The smallest absolute Gasteiger partial charge is 0.240 e. The minimum atomic E-state index is -0.818. The van der Waals surface area contributed by atoms with Gasteiger partial charge in [-0.1, -0.05) is 0 Å². The Balaban J connectivity index is 2.49. The third-order valence-corrected chi connectivity index (χ3v) is 2.49. The Kier molecular flexibility index (Phi) is 3.86. The van der Waals surface area contributed by atoms with E-state index < -0.39 is 5.54 Å². The van der Waals surface area contributed by atoms with Crippen LogP contribution >= 0.6 is 0 Å². The van der Waals surface area contributed by atoms with Crippen LogP contribution in [0.5, 0.6) is 0 Å². The minimum absolute atomic E-state index is 0.0711. The molecule has 0 saturated carbocycles. The third-order valence-electron chi connectivity index (χ3n) is 2.49. The summed E-state index contributed by atoms with van der Waals surface area (Å²) in [5.74, 6) is -0.192. The minimum Gasteiger partial charge on any atom is -0.394 e. The molecule has 0 aromatic carbocycles. The molecule has 1 atom stereocenters. The molecule has 1 saturated heterocycles. The van der Waals surface area contributed by atoms with Crippen molar-refractivity contribution < 1.29 is 14.6 Å². The predicted molar refractivity (Wildman–Crippen MR) is 51.7 cm³/mol. The maximum Gasteiger partial charge on any atom is 0.240 e. The lowest BCUT2D eigenvalue weighted by molar-refractivity contribution is -0.130. The van der Waals surface area contributed by atoms with E-state index in [2.05, 4.69) is 5.32 Å². The van der Waals surface area contributed by atoms with E-state index in [-0.39, 0.29) is 18.6 Å². The van der Waals surface area contributed by atoms with Crippen molar-refractivity contribution in [3.63, 3.8) is 0 Å². The summed E-state index contributed by atoms with van der Waals surface area (Å²) in [6.07, 6.45) is 1.08. The number of carbonyl (C=O) groups excluding carboxylic acids is 1. The molecule has 5 nitrogen and oxygen atoms in total. The van der Waals surface area contributed by atoms with Gasteiger partial charge in [-0.15, -0.1) is 0 Å². The summed E-state index contributed by atoms with van der Waals surface area (Å²) in [6, 6.07) is -0.245. The highest BCUT2D eigenvalue weighted by Crippen LogP contribution is 2.17. The first-order chi connectivity index (χ1) is 6.58. The van der Waals surface area contributed by atoms with Gasteiger partial charge < -0.3 is 20.9 Å². The van der Waals surface area contributed by atoms with Gasteiger partial charge in [0, 0.05) is 19.3 Å². The van der Waals surface area contributed by atoms with Crippen LogP contribution in [0.4, 0.5) is 0 Å². The molecular weight excluding hydrogens is 184 g/mol.